The van der Waals surface area contributed by atoms with Gasteiger partial charge in [0.1, 0.15) is 0 Å². The summed E-state index contributed by atoms with van der Waals surface area (Å²) in [6.07, 6.45) is 3.31. The van der Waals surface area contributed by atoms with Crippen molar-refractivity contribution in [1.29, 1.82) is 0 Å². The lowest BCUT2D eigenvalue weighted by Crippen LogP contribution is -2.28. The number of pyridine rings is 1. The van der Waals surface area contributed by atoms with Gasteiger partial charge >= 0.3 is 0 Å². The molecule has 1 fully saturated rings. The van der Waals surface area contributed by atoms with E-state index < -0.39 is 5.92 Å². The van der Waals surface area contributed by atoms with E-state index in [0.717, 1.165) is 10.2 Å². The molecule has 0 spiro atoms. The summed E-state index contributed by atoms with van der Waals surface area (Å²) in [5, 5.41) is 5.61. The van der Waals surface area contributed by atoms with Crippen molar-refractivity contribution >= 4 is 50.7 Å². The molecule has 3 amide bonds. The van der Waals surface area contributed by atoms with Crippen LogP contribution in [0.4, 0.5) is 17.1 Å². The van der Waals surface area contributed by atoms with Gasteiger partial charge in [0.25, 0.3) is 5.91 Å². The number of nitrogens with zero attached hydrogens (tertiary/aromatic N) is 2. The van der Waals surface area contributed by atoms with Crippen LogP contribution in [0.25, 0.3) is 0 Å². The molecule has 2 heterocycles. The molecular weight excluding hydrogens is 460 g/mol. The van der Waals surface area contributed by atoms with E-state index in [9.17, 15) is 14.4 Å². The first-order valence-electron chi connectivity index (χ1n) is 9.68. The molecule has 2 aromatic carbocycles. The van der Waals surface area contributed by atoms with Crippen molar-refractivity contribution in [2.24, 2.45) is 5.92 Å². The second-order valence-electron chi connectivity index (χ2n) is 7.12. The Morgan fingerprint density at radius 2 is 1.74 bits per heavy atom. The number of para-hydroxylation sites is 1. The Morgan fingerprint density at radius 1 is 0.968 bits per heavy atom. The molecular formula is C23H19BrN4O3. The Kier molecular flexibility index (Phi) is 6.08. The Labute approximate surface area is 187 Å². The largest absolute Gasteiger partial charge is 0.326 e. The van der Waals surface area contributed by atoms with Crippen LogP contribution in [-0.4, -0.2) is 29.3 Å². The minimum Gasteiger partial charge on any atom is -0.326 e. The van der Waals surface area contributed by atoms with E-state index in [4.69, 9.17) is 0 Å². The highest BCUT2D eigenvalue weighted by atomic mass is 79.9. The summed E-state index contributed by atoms with van der Waals surface area (Å²) in [6.45, 7) is 0.301. The van der Waals surface area contributed by atoms with Crippen molar-refractivity contribution in [1.82, 2.24) is 4.98 Å². The molecule has 0 radical (unpaired) electrons. The molecule has 0 saturated carbocycles. The van der Waals surface area contributed by atoms with Crippen LogP contribution in [0, 0.1) is 5.92 Å². The third-order valence-corrected chi connectivity index (χ3v) is 5.64. The SMILES string of the molecule is O=C(Nc1ccncc1)c1cccc(NC(=O)C2CC(=O)N(c3ccccc3Br)C2)c1. The summed E-state index contributed by atoms with van der Waals surface area (Å²) in [5.41, 5.74) is 2.29. The maximum absolute atomic E-state index is 12.8. The van der Waals surface area contributed by atoms with E-state index in [0.29, 0.717) is 23.5 Å². The zero-order valence-corrected chi connectivity index (χ0v) is 18.0. The Bertz CT molecular complexity index is 1140. The predicted octanol–water partition coefficient (Wildman–Crippen LogP) is 4.09. The second-order valence-corrected chi connectivity index (χ2v) is 7.97. The zero-order chi connectivity index (χ0) is 21.8. The van der Waals surface area contributed by atoms with Gasteiger partial charge in [-0.25, -0.2) is 0 Å². The van der Waals surface area contributed by atoms with E-state index in [1.165, 1.54) is 0 Å². The molecule has 1 aliphatic rings. The molecule has 1 unspecified atom stereocenters. The van der Waals surface area contributed by atoms with Crippen LogP contribution >= 0.6 is 15.9 Å². The lowest BCUT2D eigenvalue weighted by Gasteiger charge is -2.18. The Morgan fingerprint density at radius 3 is 2.52 bits per heavy atom. The number of hydrogen-bond acceptors (Lipinski definition) is 4. The summed E-state index contributed by atoms with van der Waals surface area (Å²) < 4.78 is 0.803. The fraction of sp³-hybridized carbons (Fsp3) is 0.130. The van der Waals surface area contributed by atoms with Crippen molar-refractivity contribution in [3.05, 3.63) is 83.1 Å². The number of amides is 3. The average molecular weight is 479 g/mol. The first kappa shape index (κ1) is 20.7. The van der Waals surface area contributed by atoms with Crippen LogP contribution < -0.4 is 15.5 Å². The molecule has 1 atom stereocenters. The van der Waals surface area contributed by atoms with Crippen molar-refractivity contribution in [3.8, 4) is 0 Å². The fourth-order valence-electron chi connectivity index (χ4n) is 3.41. The summed E-state index contributed by atoms with van der Waals surface area (Å²) in [4.78, 5) is 43.3. The monoisotopic (exact) mass is 478 g/mol. The highest BCUT2D eigenvalue weighted by molar-refractivity contribution is 9.10. The number of nitrogens with one attached hydrogen (secondary N) is 2. The van der Waals surface area contributed by atoms with E-state index in [1.54, 1.807) is 53.7 Å². The Balaban J connectivity index is 1.42. The third kappa shape index (κ3) is 4.80. The number of carbonyl (C=O) groups excluding carboxylic acids is 3. The van der Waals surface area contributed by atoms with E-state index in [-0.39, 0.29) is 24.1 Å². The molecule has 1 aliphatic heterocycles. The maximum atomic E-state index is 12.8. The first-order chi connectivity index (χ1) is 15.0. The summed E-state index contributed by atoms with van der Waals surface area (Å²) in [7, 11) is 0. The smallest absolute Gasteiger partial charge is 0.255 e. The van der Waals surface area contributed by atoms with Crippen molar-refractivity contribution in [2.45, 2.75) is 6.42 Å². The number of benzene rings is 2. The molecule has 2 N–H and O–H groups in total. The van der Waals surface area contributed by atoms with E-state index >= 15 is 0 Å². The van der Waals surface area contributed by atoms with Gasteiger partial charge in [0.15, 0.2) is 0 Å². The number of rotatable bonds is 5. The Hall–Kier alpha value is -3.52. The standard InChI is InChI=1S/C23H19BrN4O3/c24-19-6-1-2-7-20(19)28-14-16(13-21(28)29)23(31)27-18-5-3-4-15(12-18)22(30)26-17-8-10-25-11-9-17/h1-12,16H,13-14H2,(H,27,31)(H,25,26,30). The van der Waals surface area contributed by atoms with Gasteiger partial charge in [-0.2, -0.15) is 0 Å². The molecule has 4 rings (SSSR count). The molecule has 31 heavy (non-hydrogen) atoms. The van der Waals surface area contributed by atoms with Crippen LogP contribution in [-0.2, 0) is 9.59 Å². The molecule has 0 aliphatic carbocycles. The minimum atomic E-state index is -0.478. The number of halogens is 1. The molecule has 8 heteroatoms. The zero-order valence-electron chi connectivity index (χ0n) is 16.4. The second kappa shape index (κ2) is 9.09. The van der Waals surface area contributed by atoms with Crippen LogP contribution in [0.5, 0.6) is 0 Å². The highest BCUT2D eigenvalue weighted by Gasteiger charge is 2.35. The minimum absolute atomic E-state index is 0.0995. The van der Waals surface area contributed by atoms with E-state index in [2.05, 4.69) is 31.5 Å². The fourth-order valence-corrected chi connectivity index (χ4v) is 3.91. The first-order valence-corrected chi connectivity index (χ1v) is 10.5. The molecule has 7 nitrogen and oxygen atoms in total. The van der Waals surface area contributed by atoms with Gasteiger partial charge in [0.05, 0.1) is 11.6 Å². The van der Waals surface area contributed by atoms with Gasteiger partial charge in [-0.3, -0.25) is 19.4 Å². The van der Waals surface area contributed by atoms with Crippen LogP contribution in [0.3, 0.4) is 0 Å². The number of anilines is 3. The third-order valence-electron chi connectivity index (χ3n) is 4.97. The van der Waals surface area contributed by atoms with Crippen LogP contribution in [0.2, 0.25) is 0 Å². The molecule has 156 valence electrons. The number of aromatic nitrogens is 1. The van der Waals surface area contributed by atoms with Gasteiger partial charge in [0.2, 0.25) is 11.8 Å². The molecule has 1 saturated heterocycles. The summed E-state index contributed by atoms with van der Waals surface area (Å²) in [6, 6.07) is 17.5. The molecule has 0 bridgehead atoms. The van der Waals surface area contributed by atoms with Gasteiger partial charge in [-0.15, -0.1) is 0 Å². The van der Waals surface area contributed by atoms with Crippen LogP contribution in [0.15, 0.2) is 77.5 Å². The topological polar surface area (TPSA) is 91.4 Å². The highest BCUT2D eigenvalue weighted by Crippen LogP contribution is 2.31. The van der Waals surface area contributed by atoms with Crippen molar-refractivity contribution in [3.63, 3.8) is 0 Å². The lowest BCUT2D eigenvalue weighted by atomic mass is 10.1. The summed E-state index contributed by atoms with van der Waals surface area (Å²) in [5.74, 6) is -1.13. The quantitative estimate of drug-likeness (QED) is 0.577. The predicted molar refractivity (Wildman–Crippen MR) is 122 cm³/mol. The molecule has 3 aromatic rings. The lowest BCUT2D eigenvalue weighted by molar-refractivity contribution is -0.122. The maximum Gasteiger partial charge on any atom is 0.255 e. The van der Waals surface area contributed by atoms with E-state index in [1.807, 2.05) is 24.3 Å². The summed E-state index contributed by atoms with van der Waals surface area (Å²) >= 11 is 3.45. The van der Waals surface area contributed by atoms with Gasteiger partial charge in [0, 0.05) is 46.8 Å². The number of hydrogen-bond donors (Lipinski definition) is 2. The van der Waals surface area contributed by atoms with Crippen molar-refractivity contribution in [2.75, 3.05) is 22.1 Å². The van der Waals surface area contributed by atoms with Crippen LogP contribution in [0.1, 0.15) is 16.8 Å². The van der Waals surface area contributed by atoms with Gasteiger partial charge in [-0.1, -0.05) is 18.2 Å². The van der Waals surface area contributed by atoms with Crippen molar-refractivity contribution < 1.29 is 14.4 Å². The average Bonchev–Trinajstić information content (AvgIpc) is 3.16. The van der Waals surface area contributed by atoms with Gasteiger partial charge in [-0.05, 0) is 58.4 Å². The number of carbonyl (C=O) groups is 3. The normalized spacial score (nSPS) is 15.6. The van der Waals surface area contributed by atoms with Gasteiger partial charge < -0.3 is 15.5 Å². The molecule has 1 aromatic heterocycles.